The smallest absolute Gasteiger partial charge is 0.248 e. The first kappa shape index (κ1) is 17.3. The Morgan fingerprint density at radius 3 is 2.40 bits per heavy atom. The van der Waals surface area contributed by atoms with Crippen LogP contribution in [-0.2, 0) is 0 Å². The summed E-state index contributed by atoms with van der Waals surface area (Å²) < 4.78 is 11.0. The maximum atomic E-state index is 6.30. The molecule has 7 nitrogen and oxygen atoms in total. The van der Waals surface area contributed by atoms with E-state index < -0.39 is 0 Å². The van der Waals surface area contributed by atoms with E-state index in [2.05, 4.69) is 26.8 Å². The van der Waals surface area contributed by atoms with Crippen molar-refractivity contribution in [2.75, 3.05) is 44.9 Å². The largest absolute Gasteiger partial charge is 0.497 e. The van der Waals surface area contributed by atoms with Gasteiger partial charge in [0.25, 0.3) is 0 Å². The molecule has 0 saturated carbocycles. The summed E-state index contributed by atoms with van der Waals surface area (Å²) in [5.74, 6) is 2.51. The Bertz CT molecular complexity index is 699. The molecule has 134 valence electrons. The maximum absolute atomic E-state index is 6.30. The first-order valence-electron chi connectivity index (χ1n) is 8.42. The van der Waals surface area contributed by atoms with Crippen LogP contribution in [0.3, 0.4) is 0 Å². The quantitative estimate of drug-likeness (QED) is 0.893. The minimum Gasteiger partial charge on any atom is -0.497 e. The molecular weight excluding hydrogens is 318 g/mol. The lowest BCUT2D eigenvalue weighted by atomic mass is 10.0. The van der Waals surface area contributed by atoms with Crippen molar-refractivity contribution in [3.63, 3.8) is 0 Å². The lowest BCUT2D eigenvalue weighted by molar-refractivity contribution is 0.252. The number of likely N-dealkylation sites (tertiary alicyclic amines) is 1. The van der Waals surface area contributed by atoms with E-state index in [1.54, 1.807) is 7.11 Å². The van der Waals surface area contributed by atoms with Crippen molar-refractivity contribution in [3.05, 3.63) is 30.6 Å². The standard InChI is InChI=1S/C18H25N5O2/c1-22-10-8-13(9-11-22)23(2)17-16(19)18(21-12-20-17)25-15-6-4-14(24-3)5-7-15/h4-7,12-13H,8-11,19H2,1-3H3. The van der Waals surface area contributed by atoms with Gasteiger partial charge in [0.1, 0.15) is 23.5 Å². The summed E-state index contributed by atoms with van der Waals surface area (Å²) in [6, 6.07) is 7.72. The van der Waals surface area contributed by atoms with E-state index in [1.165, 1.54) is 6.33 Å². The number of hydrogen-bond acceptors (Lipinski definition) is 7. The van der Waals surface area contributed by atoms with Crippen LogP contribution in [0.5, 0.6) is 17.4 Å². The molecule has 0 bridgehead atoms. The van der Waals surface area contributed by atoms with Crippen molar-refractivity contribution < 1.29 is 9.47 Å². The van der Waals surface area contributed by atoms with E-state index >= 15 is 0 Å². The Hall–Kier alpha value is -2.54. The first-order chi connectivity index (χ1) is 12.1. The van der Waals surface area contributed by atoms with Crippen molar-refractivity contribution in [3.8, 4) is 17.4 Å². The number of aromatic nitrogens is 2. The monoisotopic (exact) mass is 343 g/mol. The van der Waals surface area contributed by atoms with Gasteiger partial charge in [0.15, 0.2) is 5.82 Å². The van der Waals surface area contributed by atoms with Crippen LogP contribution in [0.2, 0.25) is 0 Å². The number of rotatable bonds is 5. The fourth-order valence-electron chi connectivity index (χ4n) is 3.04. The minimum absolute atomic E-state index is 0.370. The molecule has 0 atom stereocenters. The molecule has 0 aliphatic carbocycles. The molecule has 0 radical (unpaired) electrons. The van der Waals surface area contributed by atoms with Crippen molar-refractivity contribution >= 4 is 11.5 Å². The molecule has 25 heavy (non-hydrogen) atoms. The van der Waals surface area contributed by atoms with E-state index in [-0.39, 0.29) is 0 Å². The molecule has 3 rings (SSSR count). The second kappa shape index (κ2) is 7.57. The number of piperidine rings is 1. The SMILES string of the molecule is COc1ccc(Oc2ncnc(N(C)C3CCN(C)CC3)c2N)cc1. The van der Waals surface area contributed by atoms with Gasteiger partial charge >= 0.3 is 0 Å². The summed E-state index contributed by atoms with van der Waals surface area (Å²) in [4.78, 5) is 13.1. The Kier molecular flexibility index (Phi) is 5.23. The van der Waals surface area contributed by atoms with Crippen molar-refractivity contribution in [2.45, 2.75) is 18.9 Å². The zero-order valence-electron chi connectivity index (χ0n) is 15.0. The van der Waals surface area contributed by atoms with Crippen LogP contribution in [0.1, 0.15) is 12.8 Å². The Labute approximate surface area is 148 Å². The third-order valence-corrected chi connectivity index (χ3v) is 4.67. The summed E-state index contributed by atoms with van der Waals surface area (Å²) in [6.45, 7) is 2.16. The van der Waals surface area contributed by atoms with E-state index in [0.29, 0.717) is 29.2 Å². The highest BCUT2D eigenvalue weighted by atomic mass is 16.5. The maximum Gasteiger partial charge on any atom is 0.248 e. The van der Waals surface area contributed by atoms with Crippen LogP contribution in [-0.4, -0.2) is 55.2 Å². The van der Waals surface area contributed by atoms with Crippen LogP contribution >= 0.6 is 0 Å². The van der Waals surface area contributed by atoms with Crippen LogP contribution in [0, 0.1) is 0 Å². The van der Waals surface area contributed by atoms with E-state index in [9.17, 15) is 0 Å². The Morgan fingerprint density at radius 2 is 1.76 bits per heavy atom. The van der Waals surface area contributed by atoms with Crippen LogP contribution < -0.4 is 20.1 Å². The molecule has 2 N–H and O–H groups in total. The van der Waals surface area contributed by atoms with Gasteiger partial charge in [-0.2, -0.15) is 4.98 Å². The number of ether oxygens (including phenoxy) is 2. The number of nitrogens with two attached hydrogens (primary N) is 1. The van der Waals surface area contributed by atoms with E-state index in [4.69, 9.17) is 15.2 Å². The molecule has 1 aromatic carbocycles. The lowest BCUT2D eigenvalue weighted by Crippen LogP contribution is -2.42. The summed E-state index contributed by atoms with van der Waals surface area (Å²) in [5.41, 5.74) is 6.75. The molecule has 0 unspecified atom stereocenters. The van der Waals surface area contributed by atoms with Crippen LogP contribution in [0.4, 0.5) is 11.5 Å². The first-order valence-corrected chi connectivity index (χ1v) is 8.42. The number of nitrogens with zero attached hydrogens (tertiary/aromatic N) is 4. The van der Waals surface area contributed by atoms with Gasteiger partial charge in [0.2, 0.25) is 5.88 Å². The molecule has 1 saturated heterocycles. The van der Waals surface area contributed by atoms with E-state index in [1.807, 2.05) is 31.3 Å². The van der Waals surface area contributed by atoms with Crippen molar-refractivity contribution in [2.24, 2.45) is 0 Å². The van der Waals surface area contributed by atoms with Gasteiger partial charge in [-0.15, -0.1) is 0 Å². The summed E-state index contributed by atoms with van der Waals surface area (Å²) in [6.07, 6.45) is 3.67. The highest BCUT2D eigenvalue weighted by Crippen LogP contribution is 2.33. The van der Waals surface area contributed by atoms with Gasteiger partial charge in [0, 0.05) is 13.1 Å². The summed E-state index contributed by atoms with van der Waals surface area (Å²) in [5, 5.41) is 0. The molecule has 0 spiro atoms. The Morgan fingerprint density at radius 1 is 1.12 bits per heavy atom. The fraction of sp³-hybridized carbons (Fsp3) is 0.444. The average Bonchev–Trinajstić information content (AvgIpc) is 2.64. The van der Waals surface area contributed by atoms with Crippen LogP contribution in [0.25, 0.3) is 0 Å². The van der Waals surface area contributed by atoms with Gasteiger partial charge in [0.05, 0.1) is 7.11 Å². The second-order valence-corrected chi connectivity index (χ2v) is 6.34. The van der Waals surface area contributed by atoms with Gasteiger partial charge in [-0.25, -0.2) is 4.98 Å². The van der Waals surface area contributed by atoms with Gasteiger partial charge in [-0.1, -0.05) is 0 Å². The van der Waals surface area contributed by atoms with Crippen molar-refractivity contribution in [1.29, 1.82) is 0 Å². The van der Waals surface area contributed by atoms with Gasteiger partial charge in [-0.05, 0) is 57.2 Å². The molecule has 1 aliphatic heterocycles. The third kappa shape index (κ3) is 3.93. The second-order valence-electron chi connectivity index (χ2n) is 6.34. The summed E-state index contributed by atoms with van der Waals surface area (Å²) >= 11 is 0. The van der Waals surface area contributed by atoms with E-state index in [0.717, 1.165) is 31.7 Å². The highest BCUT2D eigenvalue weighted by molar-refractivity contribution is 5.68. The topological polar surface area (TPSA) is 76.7 Å². The third-order valence-electron chi connectivity index (χ3n) is 4.67. The normalized spacial score (nSPS) is 15.8. The molecule has 2 heterocycles. The van der Waals surface area contributed by atoms with Crippen LogP contribution in [0.15, 0.2) is 30.6 Å². The number of nitrogen functional groups attached to an aromatic ring is 1. The molecule has 1 fully saturated rings. The number of hydrogen-bond donors (Lipinski definition) is 1. The number of benzene rings is 1. The molecule has 1 aliphatic rings. The number of methoxy groups -OCH3 is 1. The Balaban J connectivity index is 1.76. The van der Waals surface area contributed by atoms with Gasteiger partial charge in [-0.3, -0.25) is 0 Å². The zero-order valence-corrected chi connectivity index (χ0v) is 15.0. The predicted molar refractivity (Wildman–Crippen MR) is 98.4 cm³/mol. The minimum atomic E-state index is 0.370. The number of anilines is 2. The molecule has 7 heteroatoms. The highest BCUT2D eigenvalue weighted by Gasteiger charge is 2.24. The average molecular weight is 343 g/mol. The lowest BCUT2D eigenvalue weighted by Gasteiger charge is -2.36. The van der Waals surface area contributed by atoms with Crippen molar-refractivity contribution in [1.82, 2.24) is 14.9 Å². The fourth-order valence-corrected chi connectivity index (χ4v) is 3.04. The molecular formula is C18H25N5O2. The summed E-state index contributed by atoms with van der Waals surface area (Å²) in [7, 11) is 5.81. The predicted octanol–water partition coefficient (Wildman–Crippen LogP) is 2.39. The molecule has 0 amide bonds. The molecule has 2 aromatic rings. The zero-order chi connectivity index (χ0) is 17.8. The molecule has 1 aromatic heterocycles. The van der Waals surface area contributed by atoms with Gasteiger partial charge < -0.3 is 25.0 Å².